The van der Waals surface area contributed by atoms with Crippen molar-refractivity contribution in [1.82, 2.24) is 9.62 Å². The maximum atomic E-state index is 12.7. The molecule has 6 nitrogen and oxygen atoms in total. The molecule has 0 saturated carbocycles. The van der Waals surface area contributed by atoms with E-state index in [9.17, 15) is 13.2 Å². The molecule has 1 heterocycles. The number of quaternary nitrogens is 1. The average molecular weight is 423 g/mol. The van der Waals surface area contributed by atoms with Crippen molar-refractivity contribution in [1.29, 1.82) is 0 Å². The quantitative estimate of drug-likeness (QED) is 0.732. The van der Waals surface area contributed by atoms with Gasteiger partial charge in [-0.1, -0.05) is 41.9 Å². The number of carbonyl (C=O) groups is 1. The number of piperazine rings is 1. The van der Waals surface area contributed by atoms with Crippen LogP contribution in [0.5, 0.6) is 0 Å². The van der Waals surface area contributed by atoms with Gasteiger partial charge < -0.3 is 10.2 Å². The first-order valence-corrected chi connectivity index (χ1v) is 11.1. The molecule has 1 aliphatic rings. The Kier molecular flexibility index (Phi) is 6.72. The third-order valence-corrected chi connectivity index (χ3v) is 7.10. The summed E-state index contributed by atoms with van der Waals surface area (Å²) in [6.45, 7) is 4.26. The van der Waals surface area contributed by atoms with Crippen LogP contribution in [0.1, 0.15) is 18.5 Å². The highest BCUT2D eigenvalue weighted by atomic mass is 35.5. The second kappa shape index (κ2) is 9.05. The van der Waals surface area contributed by atoms with Crippen molar-refractivity contribution in [3.05, 3.63) is 65.2 Å². The summed E-state index contributed by atoms with van der Waals surface area (Å²) in [5, 5.41) is 3.63. The first kappa shape index (κ1) is 20.8. The Labute approximate surface area is 171 Å². The van der Waals surface area contributed by atoms with E-state index in [1.165, 1.54) is 4.31 Å². The minimum absolute atomic E-state index is 0.0538. The minimum Gasteiger partial charge on any atom is -0.345 e. The van der Waals surface area contributed by atoms with Gasteiger partial charge in [0.25, 0.3) is 5.91 Å². The number of nitrogens with one attached hydrogen (secondary N) is 2. The maximum Gasteiger partial charge on any atom is 0.275 e. The Hall–Kier alpha value is -1.93. The Morgan fingerprint density at radius 2 is 1.82 bits per heavy atom. The fourth-order valence-corrected chi connectivity index (χ4v) is 5.00. The molecule has 0 unspecified atom stereocenters. The van der Waals surface area contributed by atoms with Gasteiger partial charge in [0.1, 0.15) is 0 Å². The number of sulfonamides is 1. The molecule has 1 aliphatic heterocycles. The van der Waals surface area contributed by atoms with Gasteiger partial charge in [0.2, 0.25) is 10.0 Å². The van der Waals surface area contributed by atoms with E-state index < -0.39 is 10.0 Å². The van der Waals surface area contributed by atoms with Crippen molar-refractivity contribution in [3.8, 4) is 0 Å². The fourth-order valence-electron chi connectivity index (χ4n) is 3.34. The highest BCUT2D eigenvalue weighted by Gasteiger charge is 2.31. The van der Waals surface area contributed by atoms with Gasteiger partial charge in [-0.2, -0.15) is 4.31 Å². The van der Waals surface area contributed by atoms with Gasteiger partial charge >= 0.3 is 0 Å². The normalized spacial score (nSPS) is 17.2. The molecule has 0 radical (unpaired) electrons. The SMILES string of the molecule is C[C@H](NC(=O)C[NH+]1CCN(S(=O)(=O)c2ccccc2)CC1)c1cccc(Cl)c1. The number of amides is 1. The molecule has 8 heteroatoms. The second-order valence-electron chi connectivity index (χ2n) is 6.99. The van der Waals surface area contributed by atoms with E-state index in [2.05, 4.69) is 5.32 Å². The fraction of sp³-hybridized carbons (Fsp3) is 0.350. The van der Waals surface area contributed by atoms with Gasteiger partial charge in [0, 0.05) is 5.02 Å². The van der Waals surface area contributed by atoms with Crippen LogP contribution in [0.3, 0.4) is 0 Å². The third-order valence-electron chi connectivity index (χ3n) is 4.95. The highest BCUT2D eigenvalue weighted by molar-refractivity contribution is 7.89. The van der Waals surface area contributed by atoms with Crippen molar-refractivity contribution >= 4 is 27.5 Å². The van der Waals surface area contributed by atoms with Crippen molar-refractivity contribution in [2.24, 2.45) is 0 Å². The standard InChI is InChI=1S/C20H24ClN3O3S/c1-16(17-6-5-7-18(21)14-17)22-20(25)15-23-10-12-24(13-11-23)28(26,27)19-8-3-2-4-9-19/h2-9,14,16H,10-13,15H2,1H3,(H,22,25)/p+1/t16-/m0/s1. The summed E-state index contributed by atoms with van der Waals surface area (Å²) in [7, 11) is -3.47. The molecule has 0 bridgehead atoms. The molecule has 1 atom stereocenters. The molecular formula is C20H25ClN3O3S+. The Bertz CT molecular complexity index is 913. The minimum atomic E-state index is -3.47. The number of hydrogen-bond donors (Lipinski definition) is 2. The van der Waals surface area contributed by atoms with E-state index in [0.29, 0.717) is 42.6 Å². The van der Waals surface area contributed by atoms with Crippen molar-refractivity contribution < 1.29 is 18.1 Å². The van der Waals surface area contributed by atoms with E-state index in [4.69, 9.17) is 11.6 Å². The van der Waals surface area contributed by atoms with Gasteiger partial charge in [-0.25, -0.2) is 8.42 Å². The van der Waals surface area contributed by atoms with E-state index >= 15 is 0 Å². The molecule has 0 aromatic heterocycles. The van der Waals surface area contributed by atoms with Crippen LogP contribution < -0.4 is 10.2 Å². The monoisotopic (exact) mass is 422 g/mol. The van der Waals surface area contributed by atoms with Crippen LogP contribution in [-0.2, 0) is 14.8 Å². The molecule has 1 amide bonds. The first-order valence-electron chi connectivity index (χ1n) is 9.30. The molecule has 0 aliphatic carbocycles. The number of halogens is 1. The molecule has 0 spiro atoms. The van der Waals surface area contributed by atoms with Crippen LogP contribution in [0.4, 0.5) is 0 Å². The van der Waals surface area contributed by atoms with E-state index in [1.54, 1.807) is 36.4 Å². The number of benzene rings is 2. The molecule has 2 aromatic rings. The maximum absolute atomic E-state index is 12.7. The number of nitrogens with zero attached hydrogens (tertiary/aromatic N) is 1. The van der Waals surface area contributed by atoms with Crippen molar-refractivity contribution in [2.75, 3.05) is 32.7 Å². The molecule has 1 fully saturated rings. The van der Waals surface area contributed by atoms with Crippen LogP contribution in [0.25, 0.3) is 0 Å². The van der Waals surface area contributed by atoms with E-state index in [-0.39, 0.29) is 11.9 Å². The van der Waals surface area contributed by atoms with Crippen LogP contribution in [0, 0.1) is 0 Å². The van der Waals surface area contributed by atoms with Crippen molar-refractivity contribution in [3.63, 3.8) is 0 Å². The summed E-state index contributed by atoms with van der Waals surface area (Å²) in [6, 6.07) is 15.8. The second-order valence-corrected chi connectivity index (χ2v) is 9.36. The molecule has 2 aromatic carbocycles. The molecular weight excluding hydrogens is 398 g/mol. The van der Waals surface area contributed by atoms with Gasteiger partial charge in [-0.05, 0) is 36.8 Å². The molecule has 150 valence electrons. The Morgan fingerprint density at radius 1 is 1.14 bits per heavy atom. The first-order chi connectivity index (χ1) is 13.4. The zero-order valence-corrected chi connectivity index (χ0v) is 17.3. The summed E-state index contributed by atoms with van der Waals surface area (Å²) >= 11 is 6.01. The smallest absolute Gasteiger partial charge is 0.275 e. The topological polar surface area (TPSA) is 70.9 Å². The molecule has 28 heavy (non-hydrogen) atoms. The van der Waals surface area contributed by atoms with Gasteiger partial charge in [0.15, 0.2) is 6.54 Å². The van der Waals surface area contributed by atoms with Crippen LogP contribution in [-0.4, -0.2) is 51.4 Å². The zero-order valence-electron chi connectivity index (χ0n) is 15.8. The number of hydrogen-bond acceptors (Lipinski definition) is 3. The summed E-state index contributed by atoms with van der Waals surface area (Å²) in [4.78, 5) is 13.8. The predicted molar refractivity (Wildman–Crippen MR) is 109 cm³/mol. The van der Waals surface area contributed by atoms with Gasteiger partial charge in [0.05, 0.1) is 37.1 Å². The van der Waals surface area contributed by atoms with Gasteiger partial charge in [-0.3, -0.25) is 4.79 Å². The van der Waals surface area contributed by atoms with E-state index in [0.717, 1.165) is 10.5 Å². The van der Waals surface area contributed by atoms with E-state index in [1.807, 2.05) is 25.1 Å². The van der Waals surface area contributed by atoms with Crippen molar-refractivity contribution in [2.45, 2.75) is 17.9 Å². The number of carbonyl (C=O) groups excluding carboxylic acids is 1. The summed E-state index contributed by atoms with van der Waals surface area (Å²) < 4.78 is 26.8. The lowest BCUT2D eigenvalue weighted by Crippen LogP contribution is -3.15. The lowest BCUT2D eigenvalue weighted by molar-refractivity contribution is -0.895. The zero-order chi connectivity index (χ0) is 20.1. The summed E-state index contributed by atoms with van der Waals surface area (Å²) in [5.74, 6) is -0.0538. The third kappa shape index (κ3) is 5.11. The van der Waals surface area contributed by atoms with Crippen LogP contribution >= 0.6 is 11.6 Å². The molecule has 3 rings (SSSR count). The van der Waals surface area contributed by atoms with Crippen LogP contribution in [0.2, 0.25) is 5.02 Å². The van der Waals surface area contributed by atoms with Crippen LogP contribution in [0.15, 0.2) is 59.5 Å². The molecule has 1 saturated heterocycles. The Morgan fingerprint density at radius 3 is 2.46 bits per heavy atom. The molecule has 2 N–H and O–H groups in total. The lowest BCUT2D eigenvalue weighted by Gasteiger charge is -2.31. The average Bonchev–Trinajstić information content (AvgIpc) is 2.69. The summed E-state index contributed by atoms with van der Waals surface area (Å²) in [6.07, 6.45) is 0. The predicted octanol–water partition coefficient (Wildman–Crippen LogP) is 1.11. The number of rotatable bonds is 6. The van der Waals surface area contributed by atoms with Gasteiger partial charge in [-0.15, -0.1) is 0 Å². The Balaban J connectivity index is 1.51. The highest BCUT2D eigenvalue weighted by Crippen LogP contribution is 2.17. The summed E-state index contributed by atoms with van der Waals surface area (Å²) in [5.41, 5.74) is 0.953. The lowest BCUT2D eigenvalue weighted by atomic mass is 10.1. The largest absolute Gasteiger partial charge is 0.345 e.